The number of rotatable bonds is 4. The second-order valence-electron chi connectivity index (χ2n) is 5.92. The van der Waals surface area contributed by atoms with Gasteiger partial charge in [0.05, 0.1) is 0 Å². The molecule has 20 heavy (non-hydrogen) atoms. The van der Waals surface area contributed by atoms with E-state index in [0.717, 1.165) is 6.42 Å². The van der Waals surface area contributed by atoms with Gasteiger partial charge in [-0.15, -0.1) is 0 Å². The normalized spacial score (nSPS) is 32.5. The summed E-state index contributed by atoms with van der Waals surface area (Å²) in [6.45, 7) is 0.604. The fourth-order valence-electron chi connectivity index (χ4n) is 3.19. The summed E-state index contributed by atoms with van der Waals surface area (Å²) in [5.41, 5.74) is -3.00. The molecule has 2 bridgehead atoms. The Hall–Kier alpha value is -0.980. The van der Waals surface area contributed by atoms with Gasteiger partial charge in [0.1, 0.15) is 5.60 Å². The molecule has 7 heteroatoms. The van der Waals surface area contributed by atoms with Crippen molar-refractivity contribution in [1.82, 2.24) is 0 Å². The molecule has 2 aliphatic rings. The molecule has 0 saturated heterocycles. The van der Waals surface area contributed by atoms with Crippen LogP contribution in [-0.4, -0.2) is 28.6 Å². The van der Waals surface area contributed by atoms with Crippen LogP contribution >= 0.6 is 0 Å². The SMILES string of the molecule is CC(O)(CC1CC2C=CC1C2)C(F)(F)C(=O)C(F)(F)F. The lowest BCUT2D eigenvalue weighted by Crippen LogP contribution is -2.56. The van der Waals surface area contributed by atoms with E-state index in [2.05, 4.69) is 0 Å². The van der Waals surface area contributed by atoms with Crippen LogP contribution in [0, 0.1) is 17.8 Å². The number of hydrogen-bond donors (Lipinski definition) is 1. The number of halogens is 5. The van der Waals surface area contributed by atoms with Crippen LogP contribution in [-0.2, 0) is 4.79 Å². The first-order valence-electron chi connectivity index (χ1n) is 6.35. The molecule has 4 unspecified atom stereocenters. The van der Waals surface area contributed by atoms with Crippen molar-refractivity contribution in [3.8, 4) is 0 Å². The Morgan fingerprint density at radius 1 is 1.20 bits per heavy atom. The van der Waals surface area contributed by atoms with E-state index in [1.807, 2.05) is 12.2 Å². The van der Waals surface area contributed by atoms with Gasteiger partial charge in [0, 0.05) is 0 Å². The number of Topliss-reactive ketones (excluding diaryl/α,β-unsaturated/α-hetero) is 1. The van der Waals surface area contributed by atoms with Crippen LogP contribution in [0.25, 0.3) is 0 Å². The third-order valence-corrected chi connectivity index (χ3v) is 4.30. The highest BCUT2D eigenvalue weighted by atomic mass is 19.4. The number of carbonyl (C=O) groups excluding carboxylic acids is 1. The van der Waals surface area contributed by atoms with Crippen LogP contribution in [0.3, 0.4) is 0 Å². The molecule has 1 saturated carbocycles. The van der Waals surface area contributed by atoms with Crippen molar-refractivity contribution >= 4 is 5.78 Å². The molecule has 1 fully saturated rings. The van der Waals surface area contributed by atoms with Crippen LogP contribution in [0.1, 0.15) is 26.2 Å². The molecular formula is C13H15F5O2. The molecular weight excluding hydrogens is 283 g/mol. The van der Waals surface area contributed by atoms with Crippen molar-refractivity contribution in [2.75, 3.05) is 0 Å². The first-order valence-corrected chi connectivity index (χ1v) is 6.35. The Morgan fingerprint density at radius 3 is 2.20 bits per heavy atom. The lowest BCUT2D eigenvalue weighted by Gasteiger charge is -2.35. The number of fused-ring (bicyclic) bond motifs is 2. The average Bonchev–Trinajstić information content (AvgIpc) is 2.87. The molecule has 0 amide bonds. The van der Waals surface area contributed by atoms with Gasteiger partial charge in [-0.3, -0.25) is 4.79 Å². The third-order valence-electron chi connectivity index (χ3n) is 4.30. The monoisotopic (exact) mass is 298 g/mol. The molecule has 2 nitrogen and oxygen atoms in total. The minimum atomic E-state index is -5.66. The summed E-state index contributed by atoms with van der Waals surface area (Å²) in [6.07, 6.45) is -1.05. The minimum Gasteiger partial charge on any atom is -0.383 e. The van der Waals surface area contributed by atoms with Gasteiger partial charge in [-0.25, -0.2) is 0 Å². The molecule has 0 aromatic carbocycles. The van der Waals surface area contributed by atoms with E-state index in [-0.39, 0.29) is 17.8 Å². The van der Waals surface area contributed by atoms with Crippen molar-refractivity contribution in [3.05, 3.63) is 12.2 Å². The molecule has 0 radical (unpaired) electrons. The Balaban J connectivity index is 2.13. The number of hydrogen-bond acceptors (Lipinski definition) is 2. The third kappa shape index (κ3) is 2.47. The van der Waals surface area contributed by atoms with E-state index < -0.39 is 29.9 Å². The maximum Gasteiger partial charge on any atom is 0.456 e. The first-order chi connectivity index (χ1) is 8.95. The highest BCUT2D eigenvalue weighted by molar-refractivity contribution is 5.91. The van der Waals surface area contributed by atoms with E-state index in [1.165, 1.54) is 0 Å². The standard InChI is InChI=1S/C13H15F5O2/c1-11(20,12(14,15)10(19)13(16,17)18)6-9-5-7-2-3-8(9)4-7/h2-3,7-9,20H,4-6H2,1H3. The lowest BCUT2D eigenvalue weighted by molar-refractivity contribution is -0.227. The van der Waals surface area contributed by atoms with Crippen molar-refractivity contribution < 1.29 is 31.9 Å². The van der Waals surface area contributed by atoms with Gasteiger partial charge >= 0.3 is 17.9 Å². The molecule has 0 heterocycles. The minimum absolute atomic E-state index is 0.00302. The van der Waals surface area contributed by atoms with E-state index in [1.54, 1.807) is 0 Å². The summed E-state index contributed by atoms with van der Waals surface area (Å²) in [5, 5.41) is 9.77. The van der Waals surface area contributed by atoms with Crippen LogP contribution in [0.4, 0.5) is 22.0 Å². The van der Waals surface area contributed by atoms with E-state index in [4.69, 9.17) is 0 Å². The maximum atomic E-state index is 13.6. The van der Waals surface area contributed by atoms with E-state index >= 15 is 0 Å². The summed E-state index contributed by atoms with van der Waals surface area (Å²) >= 11 is 0. The molecule has 2 aliphatic carbocycles. The molecule has 1 N–H and O–H groups in total. The van der Waals surface area contributed by atoms with Gasteiger partial charge < -0.3 is 5.11 Å². The molecule has 4 atom stereocenters. The summed E-state index contributed by atoms with van der Waals surface area (Å²) in [4.78, 5) is 10.8. The number of allylic oxidation sites excluding steroid dienone is 2. The van der Waals surface area contributed by atoms with Gasteiger partial charge in [-0.2, -0.15) is 22.0 Å². The van der Waals surface area contributed by atoms with Crippen molar-refractivity contribution in [2.45, 2.75) is 43.9 Å². The quantitative estimate of drug-likeness (QED) is 0.639. The number of alkyl halides is 5. The summed E-state index contributed by atoms with van der Waals surface area (Å²) in [6, 6.07) is 0. The van der Waals surface area contributed by atoms with Crippen LogP contribution in [0.5, 0.6) is 0 Å². The summed E-state index contributed by atoms with van der Waals surface area (Å²) in [5.74, 6) is -8.09. The highest BCUT2D eigenvalue weighted by Gasteiger charge is 2.64. The van der Waals surface area contributed by atoms with Gasteiger partial charge in [-0.05, 0) is 43.9 Å². The zero-order valence-corrected chi connectivity index (χ0v) is 10.8. The molecule has 0 aliphatic heterocycles. The zero-order valence-electron chi connectivity index (χ0n) is 10.8. The number of aliphatic hydroxyl groups is 1. The molecule has 0 aromatic rings. The second-order valence-corrected chi connectivity index (χ2v) is 5.92. The average molecular weight is 298 g/mol. The number of carbonyl (C=O) groups is 1. The first kappa shape index (κ1) is 15.4. The van der Waals surface area contributed by atoms with E-state index in [0.29, 0.717) is 13.3 Å². The van der Waals surface area contributed by atoms with Crippen LogP contribution in [0.15, 0.2) is 12.2 Å². The van der Waals surface area contributed by atoms with Crippen molar-refractivity contribution in [2.24, 2.45) is 17.8 Å². The van der Waals surface area contributed by atoms with Gasteiger partial charge in [0.15, 0.2) is 0 Å². The van der Waals surface area contributed by atoms with Gasteiger partial charge in [0.2, 0.25) is 0 Å². The molecule has 2 rings (SSSR count). The zero-order chi connectivity index (χ0) is 15.3. The predicted molar refractivity (Wildman–Crippen MR) is 60.1 cm³/mol. The van der Waals surface area contributed by atoms with Crippen LogP contribution in [0.2, 0.25) is 0 Å². The topological polar surface area (TPSA) is 37.3 Å². The maximum absolute atomic E-state index is 13.6. The highest BCUT2D eigenvalue weighted by Crippen LogP contribution is 2.49. The molecule has 0 aromatic heterocycles. The fourth-order valence-corrected chi connectivity index (χ4v) is 3.19. The van der Waals surface area contributed by atoms with Gasteiger partial charge in [0.25, 0.3) is 0 Å². The predicted octanol–water partition coefficient (Wildman–Crippen LogP) is 3.11. The largest absolute Gasteiger partial charge is 0.456 e. The fraction of sp³-hybridized carbons (Fsp3) is 0.769. The van der Waals surface area contributed by atoms with Crippen molar-refractivity contribution in [1.29, 1.82) is 0 Å². The Bertz CT molecular complexity index is 439. The molecule has 114 valence electrons. The van der Waals surface area contributed by atoms with E-state index in [9.17, 15) is 31.9 Å². The Kier molecular flexibility index (Phi) is 3.48. The lowest BCUT2D eigenvalue weighted by atomic mass is 9.79. The summed E-state index contributed by atoms with van der Waals surface area (Å²) in [7, 11) is 0. The smallest absolute Gasteiger partial charge is 0.383 e. The number of ketones is 1. The van der Waals surface area contributed by atoms with Gasteiger partial charge in [-0.1, -0.05) is 12.2 Å². The summed E-state index contributed by atoms with van der Waals surface area (Å²) < 4.78 is 63.9. The Labute approximate surface area is 112 Å². The van der Waals surface area contributed by atoms with Crippen LogP contribution < -0.4 is 0 Å². The second kappa shape index (κ2) is 4.51. The van der Waals surface area contributed by atoms with Crippen molar-refractivity contribution in [3.63, 3.8) is 0 Å². The molecule has 0 spiro atoms. The Morgan fingerprint density at radius 2 is 1.80 bits per heavy atom.